The van der Waals surface area contributed by atoms with Crippen molar-refractivity contribution in [2.75, 3.05) is 0 Å². The van der Waals surface area contributed by atoms with Crippen LogP contribution in [-0.2, 0) is 11.0 Å². The van der Waals surface area contributed by atoms with Crippen molar-refractivity contribution in [2.45, 2.75) is 6.18 Å². The zero-order valence-corrected chi connectivity index (χ0v) is 13.9. The van der Waals surface area contributed by atoms with Gasteiger partial charge in [-0.25, -0.2) is 4.99 Å². The molecule has 0 aliphatic carbocycles. The van der Waals surface area contributed by atoms with Gasteiger partial charge < -0.3 is 5.32 Å². The van der Waals surface area contributed by atoms with Gasteiger partial charge >= 0.3 is 6.18 Å². The number of nitrogens with one attached hydrogen (secondary N) is 1. The van der Waals surface area contributed by atoms with E-state index in [0.29, 0.717) is 4.91 Å². The van der Waals surface area contributed by atoms with Gasteiger partial charge in [-0.2, -0.15) is 13.2 Å². The zero-order chi connectivity index (χ0) is 18.0. The molecule has 1 aliphatic heterocycles. The molecule has 1 aliphatic rings. The van der Waals surface area contributed by atoms with Crippen LogP contribution in [0.2, 0.25) is 5.02 Å². The average molecular weight is 384 g/mol. The summed E-state index contributed by atoms with van der Waals surface area (Å²) < 4.78 is 38.4. The molecule has 25 heavy (non-hydrogen) atoms. The maximum atomic E-state index is 12.8. The van der Waals surface area contributed by atoms with E-state index in [0.717, 1.165) is 35.5 Å². The lowest BCUT2D eigenvalue weighted by Gasteiger charge is -2.08. The summed E-state index contributed by atoms with van der Waals surface area (Å²) in [6, 6.07) is 6.33. The lowest BCUT2D eigenvalue weighted by molar-refractivity contribution is -0.137. The topological polar surface area (TPSA) is 54.4 Å². The molecule has 9 heteroatoms. The summed E-state index contributed by atoms with van der Waals surface area (Å²) in [7, 11) is 0. The number of hydrogen-bond donors (Lipinski definition) is 1. The summed E-state index contributed by atoms with van der Waals surface area (Å²) in [5, 5.41) is 2.71. The van der Waals surface area contributed by atoms with Crippen LogP contribution in [-0.4, -0.2) is 16.1 Å². The van der Waals surface area contributed by atoms with Crippen LogP contribution in [0.4, 0.5) is 18.9 Å². The van der Waals surface area contributed by atoms with Crippen LogP contribution in [0.1, 0.15) is 11.1 Å². The zero-order valence-electron chi connectivity index (χ0n) is 12.3. The molecule has 2 aromatic rings. The Morgan fingerprint density at radius 2 is 2.08 bits per heavy atom. The quantitative estimate of drug-likeness (QED) is 0.768. The number of alkyl halides is 3. The van der Waals surface area contributed by atoms with Crippen molar-refractivity contribution in [3.8, 4) is 0 Å². The molecule has 0 unspecified atom stereocenters. The van der Waals surface area contributed by atoms with Gasteiger partial charge in [-0.15, -0.1) is 0 Å². The molecule has 1 amide bonds. The van der Waals surface area contributed by atoms with Gasteiger partial charge in [-0.1, -0.05) is 17.7 Å². The van der Waals surface area contributed by atoms with E-state index in [1.54, 1.807) is 30.6 Å². The fourth-order valence-electron chi connectivity index (χ4n) is 1.98. The van der Waals surface area contributed by atoms with E-state index in [1.165, 1.54) is 0 Å². The number of aromatic nitrogens is 1. The van der Waals surface area contributed by atoms with Crippen molar-refractivity contribution >= 4 is 46.2 Å². The number of rotatable bonds is 2. The lowest BCUT2D eigenvalue weighted by Crippen LogP contribution is -2.19. The van der Waals surface area contributed by atoms with Crippen molar-refractivity contribution in [3.63, 3.8) is 0 Å². The Morgan fingerprint density at radius 3 is 2.76 bits per heavy atom. The Morgan fingerprint density at radius 1 is 1.28 bits per heavy atom. The molecule has 0 spiro atoms. The van der Waals surface area contributed by atoms with Gasteiger partial charge in [0, 0.05) is 12.4 Å². The molecule has 128 valence electrons. The second kappa shape index (κ2) is 6.89. The molecule has 1 N–H and O–H groups in total. The Labute approximate surface area is 149 Å². The highest BCUT2D eigenvalue weighted by Gasteiger charge is 2.31. The third-order valence-corrected chi connectivity index (χ3v) is 4.36. The first-order valence-electron chi connectivity index (χ1n) is 6.89. The standard InChI is InChI=1S/C16H9ClF3N3OS/c17-11-4-3-10(16(18,19)20)7-12(11)22-15-23-14(24)13(25-15)6-9-2-1-5-21-8-9/h1-8H,(H,22,23,24). The first kappa shape index (κ1) is 17.5. The molecule has 1 aromatic heterocycles. The fraction of sp³-hybridized carbons (Fsp3) is 0.0625. The van der Waals surface area contributed by atoms with Crippen LogP contribution in [0, 0.1) is 0 Å². The van der Waals surface area contributed by atoms with Crippen molar-refractivity contribution in [1.82, 2.24) is 10.3 Å². The van der Waals surface area contributed by atoms with Crippen molar-refractivity contribution in [1.29, 1.82) is 0 Å². The number of amides is 1. The van der Waals surface area contributed by atoms with Crippen molar-refractivity contribution < 1.29 is 18.0 Å². The van der Waals surface area contributed by atoms with Gasteiger partial charge in [0.25, 0.3) is 5.91 Å². The Kier molecular flexibility index (Phi) is 4.82. The van der Waals surface area contributed by atoms with Crippen LogP contribution in [0.5, 0.6) is 0 Å². The van der Waals surface area contributed by atoms with E-state index in [9.17, 15) is 18.0 Å². The molecule has 2 heterocycles. The van der Waals surface area contributed by atoms with Gasteiger partial charge in [-0.3, -0.25) is 9.78 Å². The third-order valence-electron chi connectivity index (χ3n) is 3.13. The lowest BCUT2D eigenvalue weighted by atomic mass is 10.2. The molecule has 0 bridgehead atoms. The average Bonchev–Trinajstić information content (AvgIpc) is 2.89. The molecule has 1 saturated heterocycles. The second-order valence-corrected chi connectivity index (χ2v) is 6.37. The van der Waals surface area contributed by atoms with E-state index >= 15 is 0 Å². The van der Waals surface area contributed by atoms with Gasteiger partial charge in [0.15, 0.2) is 5.17 Å². The van der Waals surface area contributed by atoms with E-state index in [-0.39, 0.29) is 15.9 Å². The Balaban J connectivity index is 1.89. The van der Waals surface area contributed by atoms with Crippen molar-refractivity contribution in [3.05, 3.63) is 63.8 Å². The van der Waals surface area contributed by atoms with E-state index < -0.39 is 17.6 Å². The third kappa shape index (κ3) is 4.21. The Hall–Kier alpha value is -2.32. The molecule has 4 nitrogen and oxygen atoms in total. The minimum absolute atomic E-state index is 0.0556. The minimum atomic E-state index is -4.50. The number of benzene rings is 1. The number of halogens is 4. The molecule has 0 atom stereocenters. The highest BCUT2D eigenvalue weighted by molar-refractivity contribution is 8.18. The number of carbonyl (C=O) groups excluding carboxylic acids is 1. The number of hydrogen-bond acceptors (Lipinski definition) is 4. The van der Waals surface area contributed by atoms with Crippen LogP contribution in [0.15, 0.2) is 52.6 Å². The number of aliphatic imine (C=N–C) groups is 1. The monoisotopic (exact) mass is 383 g/mol. The van der Waals surface area contributed by atoms with Gasteiger partial charge in [-0.05, 0) is 47.7 Å². The van der Waals surface area contributed by atoms with Crippen LogP contribution in [0.3, 0.4) is 0 Å². The predicted molar refractivity (Wildman–Crippen MR) is 91.5 cm³/mol. The van der Waals surface area contributed by atoms with Crippen molar-refractivity contribution in [2.24, 2.45) is 4.99 Å². The van der Waals surface area contributed by atoms with E-state index in [1.807, 2.05) is 0 Å². The first-order valence-corrected chi connectivity index (χ1v) is 8.09. The van der Waals surface area contributed by atoms with Gasteiger partial charge in [0.2, 0.25) is 0 Å². The number of pyridine rings is 1. The number of nitrogens with zero attached hydrogens (tertiary/aromatic N) is 2. The molecular formula is C16H9ClF3N3OS. The maximum Gasteiger partial charge on any atom is 0.416 e. The molecular weight excluding hydrogens is 375 g/mol. The second-order valence-electron chi connectivity index (χ2n) is 4.93. The summed E-state index contributed by atoms with van der Waals surface area (Å²) in [4.78, 5) is 20.3. The molecule has 0 radical (unpaired) electrons. The van der Waals surface area contributed by atoms with Crippen LogP contribution in [0.25, 0.3) is 6.08 Å². The maximum absolute atomic E-state index is 12.8. The molecule has 1 aromatic carbocycles. The normalized spacial score (nSPS) is 18.0. The van der Waals surface area contributed by atoms with Crippen LogP contribution < -0.4 is 5.32 Å². The minimum Gasteiger partial charge on any atom is -0.300 e. The SMILES string of the molecule is O=C1NC(=Nc2cc(C(F)(F)F)ccc2Cl)SC1=Cc1cccnc1. The fourth-order valence-corrected chi connectivity index (χ4v) is 2.97. The number of carbonyl (C=O) groups is 1. The van der Waals surface area contributed by atoms with Crippen LogP contribution >= 0.6 is 23.4 Å². The largest absolute Gasteiger partial charge is 0.416 e. The highest BCUT2D eigenvalue weighted by Crippen LogP contribution is 2.36. The van der Waals surface area contributed by atoms with E-state index in [2.05, 4.69) is 15.3 Å². The Bertz CT molecular complexity index is 882. The first-order chi connectivity index (χ1) is 11.8. The van der Waals surface area contributed by atoms with Gasteiger partial charge in [0.1, 0.15) is 0 Å². The number of thioether (sulfide) groups is 1. The molecule has 1 fully saturated rings. The molecule has 0 saturated carbocycles. The molecule has 3 rings (SSSR count). The summed E-state index contributed by atoms with van der Waals surface area (Å²) in [5.74, 6) is -0.393. The predicted octanol–water partition coefficient (Wildman–Crippen LogP) is 4.65. The van der Waals surface area contributed by atoms with E-state index in [4.69, 9.17) is 11.6 Å². The summed E-state index contributed by atoms with van der Waals surface area (Å²) in [5.41, 5.74) is -0.211. The highest BCUT2D eigenvalue weighted by atomic mass is 35.5. The summed E-state index contributed by atoms with van der Waals surface area (Å²) >= 11 is 6.92. The van der Waals surface area contributed by atoms with Gasteiger partial charge in [0.05, 0.1) is 21.2 Å². The summed E-state index contributed by atoms with van der Waals surface area (Å²) in [6.45, 7) is 0. The smallest absolute Gasteiger partial charge is 0.300 e. The number of amidine groups is 1. The summed E-state index contributed by atoms with van der Waals surface area (Å²) in [6.07, 6.45) is 0.298.